The van der Waals surface area contributed by atoms with Gasteiger partial charge in [-0.05, 0) is 42.2 Å². The number of rotatable bonds is 11. The normalized spacial score (nSPS) is 29.0. The molecule has 1 saturated carbocycles. The average Bonchev–Trinajstić information content (AvgIpc) is 2.85. The Morgan fingerprint density at radius 3 is 1.80 bits per heavy atom. The molecule has 0 bridgehead atoms. The predicted octanol–water partition coefficient (Wildman–Crippen LogP) is 7.16. The minimum Gasteiger partial charge on any atom is -0.377 e. The molecule has 0 aromatic heterocycles. The lowest BCUT2D eigenvalue weighted by atomic mass is 9.72. The van der Waals surface area contributed by atoms with Crippen LogP contribution in [0.2, 0.25) is 0 Å². The minimum absolute atomic E-state index is 0.158. The van der Waals surface area contributed by atoms with Crippen molar-refractivity contribution in [3.05, 3.63) is 71.8 Å². The molecule has 4 heteroatoms. The van der Waals surface area contributed by atoms with Crippen LogP contribution in [0.25, 0.3) is 0 Å². The van der Waals surface area contributed by atoms with Gasteiger partial charge >= 0.3 is 0 Å². The van der Waals surface area contributed by atoms with Crippen molar-refractivity contribution in [1.29, 1.82) is 0 Å². The third kappa shape index (κ3) is 7.63. The lowest BCUT2D eigenvalue weighted by Gasteiger charge is -2.53. The third-order valence-electron chi connectivity index (χ3n) is 7.62. The molecule has 1 aliphatic carbocycles. The SMILES string of the molecule is CC(C)[C@@H]1CC[C@@H](C)CC12O[C@H](CCOCc1ccccc1)C[C@H](CCOCc1ccccc1)O2. The van der Waals surface area contributed by atoms with Gasteiger partial charge in [0.1, 0.15) is 0 Å². The highest BCUT2D eigenvalue weighted by atomic mass is 16.7. The molecule has 1 heterocycles. The summed E-state index contributed by atoms with van der Waals surface area (Å²) in [5, 5.41) is 0. The molecule has 0 amide bonds. The van der Waals surface area contributed by atoms with E-state index in [4.69, 9.17) is 18.9 Å². The topological polar surface area (TPSA) is 36.9 Å². The lowest BCUT2D eigenvalue weighted by molar-refractivity contribution is -0.361. The Kier molecular flexibility index (Phi) is 9.79. The van der Waals surface area contributed by atoms with E-state index < -0.39 is 5.79 Å². The Hall–Kier alpha value is -1.72. The Morgan fingerprint density at radius 2 is 1.31 bits per heavy atom. The van der Waals surface area contributed by atoms with E-state index in [2.05, 4.69) is 69.3 Å². The van der Waals surface area contributed by atoms with E-state index in [1.54, 1.807) is 0 Å². The zero-order chi connectivity index (χ0) is 24.5. The van der Waals surface area contributed by atoms with Gasteiger partial charge in [-0.3, -0.25) is 0 Å². The molecule has 0 radical (unpaired) electrons. The summed E-state index contributed by atoms with van der Waals surface area (Å²) < 4.78 is 25.8. The molecule has 4 nitrogen and oxygen atoms in total. The predicted molar refractivity (Wildman–Crippen MR) is 140 cm³/mol. The smallest absolute Gasteiger partial charge is 0.172 e. The van der Waals surface area contributed by atoms with Crippen molar-refractivity contribution in [3.63, 3.8) is 0 Å². The second-order valence-electron chi connectivity index (χ2n) is 10.9. The molecule has 5 atom stereocenters. The molecule has 35 heavy (non-hydrogen) atoms. The van der Waals surface area contributed by atoms with Crippen LogP contribution in [-0.4, -0.2) is 31.2 Å². The van der Waals surface area contributed by atoms with E-state index in [-0.39, 0.29) is 12.2 Å². The van der Waals surface area contributed by atoms with Crippen LogP contribution in [0, 0.1) is 17.8 Å². The van der Waals surface area contributed by atoms with E-state index in [1.165, 1.54) is 24.0 Å². The van der Waals surface area contributed by atoms with Gasteiger partial charge in [-0.1, -0.05) is 87.9 Å². The largest absolute Gasteiger partial charge is 0.377 e. The summed E-state index contributed by atoms with van der Waals surface area (Å²) in [6.07, 6.45) is 6.44. The Balaban J connectivity index is 1.35. The summed E-state index contributed by atoms with van der Waals surface area (Å²) in [5.41, 5.74) is 2.43. The van der Waals surface area contributed by atoms with Gasteiger partial charge in [0.25, 0.3) is 0 Å². The molecule has 1 aliphatic heterocycles. The molecule has 2 aliphatic rings. The van der Waals surface area contributed by atoms with Crippen LogP contribution in [-0.2, 0) is 32.2 Å². The molecule has 0 N–H and O–H groups in total. The van der Waals surface area contributed by atoms with Gasteiger partial charge in [-0.25, -0.2) is 0 Å². The molecule has 2 fully saturated rings. The van der Waals surface area contributed by atoms with Crippen molar-refractivity contribution in [2.75, 3.05) is 13.2 Å². The highest BCUT2D eigenvalue weighted by Gasteiger charge is 2.51. The van der Waals surface area contributed by atoms with E-state index >= 15 is 0 Å². The van der Waals surface area contributed by atoms with Crippen molar-refractivity contribution in [3.8, 4) is 0 Å². The standard InChI is InChI=1S/C31H44O4/c1-24(2)30-15-14-25(3)21-31(30)34-28(16-18-32-22-26-10-6-4-7-11-26)20-29(35-31)17-19-33-23-27-12-8-5-9-13-27/h4-13,24-25,28-30H,14-23H2,1-3H3/t25-,28-,29+,30+,31?/m1/s1. The summed E-state index contributed by atoms with van der Waals surface area (Å²) in [6.45, 7) is 9.69. The van der Waals surface area contributed by atoms with E-state index in [9.17, 15) is 0 Å². The van der Waals surface area contributed by atoms with Gasteiger partial charge in [0.05, 0.1) is 25.4 Å². The average molecular weight is 481 g/mol. The molecule has 2 aromatic rings. The van der Waals surface area contributed by atoms with Crippen LogP contribution in [0.5, 0.6) is 0 Å². The van der Waals surface area contributed by atoms with Crippen LogP contribution < -0.4 is 0 Å². The number of hydrogen-bond donors (Lipinski definition) is 0. The van der Waals surface area contributed by atoms with Crippen LogP contribution in [0.3, 0.4) is 0 Å². The second-order valence-corrected chi connectivity index (χ2v) is 10.9. The van der Waals surface area contributed by atoms with Gasteiger partial charge in [-0.2, -0.15) is 0 Å². The first-order valence-corrected chi connectivity index (χ1v) is 13.6. The molecular weight excluding hydrogens is 436 g/mol. The Morgan fingerprint density at radius 1 is 0.800 bits per heavy atom. The molecule has 1 unspecified atom stereocenters. The first kappa shape index (κ1) is 26.3. The van der Waals surface area contributed by atoms with Crippen molar-refractivity contribution < 1.29 is 18.9 Å². The maximum atomic E-state index is 6.87. The summed E-state index contributed by atoms with van der Waals surface area (Å²) in [6, 6.07) is 20.8. The molecular formula is C31H44O4. The van der Waals surface area contributed by atoms with Crippen molar-refractivity contribution in [2.24, 2.45) is 17.8 Å². The maximum absolute atomic E-state index is 6.87. The first-order chi connectivity index (χ1) is 17.0. The molecule has 4 rings (SSSR count). The van der Waals surface area contributed by atoms with Gasteiger partial charge < -0.3 is 18.9 Å². The van der Waals surface area contributed by atoms with Crippen LogP contribution in [0.1, 0.15) is 70.4 Å². The fraction of sp³-hybridized carbons (Fsp3) is 0.613. The monoisotopic (exact) mass is 480 g/mol. The highest BCUT2D eigenvalue weighted by Crippen LogP contribution is 2.48. The summed E-state index contributed by atoms with van der Waals surface area (Å²) in [7, 11) is 0. The quantitative estimate of drug-likeness (QED) is 0.320. The van der Waals surface area contributed by atoms with Gasteiger partial charge in [0.2, 0.25) is 0 Å². The minimum atomic E-state index is -0.474. The maximum Gasteiger partial charge on any atom is 0.172 e. The van der Waals surface area contributed by atoms with Gasteiger partial charge in [-0.15, -0.1) is 0 Å². The second kappa shape index (κ2) is 13.0. The van der Waals surface area contributed by atoms with E-state index in [0.29, 0.717) is 44.2 Å². The van der Waals surface area contributed by atoms with Crippen LogP contribution in [0.15, 0.2) is 60.7 Å². The summed E-state index contributed by atoms with van der Waals surface area (Å²) >= 11 is 0. The Bertz CT molecular complexity index is 797. The van der Waals surface area contributed by atoms with Crippen LogP contribution >= 0.6 is 0 Å². The summed E-state index contributed by atoms with van der Waals surface area (Å²) in [5.74, 6) is 1.11. The lowest BCUT2D eigenvalue weighted by Crippen LogP contribution is -2.57. The molecule has 1 saturated heterocycles. The Labute approximate surface area is 212 Å². The van der Waals surface area contributed by atoms with E-state index in [1.807, 2.05) is 12.1 Å². The van der Waals surface area contributed by atoms with Gasteiger partial charge in [0, 0.05) is 32.0 Å². The first-order valence-electron chi connectivity index (χ1n) is 13.6. The fourth-order valence-corrected chi connectivity index (χ4v) is 5.83. The van der Waals surface area contributed by atoms with Crippen molar-refractivity contribution in [1.82, 2.24) is 0 Å². The fourth-order valence-electron chi connectivity index (χ4n) is 5.83. The van der Waals surface area contributed by atoms with Crippen LogP contribution in [0.4, 0.5) is 0 Å². The highest BCUT2D eigenvalue weighted by molar-refractivity contribution is 5.14. The number of benzene rings is 2. The van der Waals surface area contributed by atoms with Crippen molar-refractivity contribution in [2.45, 2.75) is 90.5 Å². The van der Waals surface area contributed by atoms with E-state index in [0.717, 1.165) is 25.7 Å². The molecule has 2 aromatic carbocycles. The molecule has 1 spiro atoms. The molecule has 192 valence electrons. The zero-order valence-corrected chi connectivity index (χ0v) is 21.9. The van der Waals surface area contributed by atoms with Gasteiger partial charge in [0.15, 0.2) is 5.79 Å². The number of ether oxygens (including phenoxy) is 4. The number of hydrogen-bond acceptors (Lipinski definition) is 4. The zero-order valence-electron chi connectivity index (χ0n) is 21.9. The van der Waals surface area contributed by atoms with Crippen molar-refractivity contribution >= 4 is 0 Å². The third-order valence-corrected chi connectivity index (χ3v) is 7.62. The summed E-state index contributed by atoms with van der Waals surface area (Å²) in [4.78, 5) is 0.